The van der Waals surface area contributed by atoms with Gasteiger partial charge in [0.05, 0.1) is 0 Å². The van der Waals surface area contributed by atoms with Crippen molar-refractivity contribution < 1.29 is 9.90 Å². The summed E-state index contributed by atoms with van der Waals surface area (Å²) >= 11 is 6.08. The van der Waals surface area contributed by atoms with E-state index in [1.807, 2.05) is 43.4 Å². The third-order valence-electron chi connectivity index (χ3n) is 3.85. The van der Waals surface area contributed by atoms with Gasteiger partial charge in [0.1, 0.15) is 0 Å². The molecule has 0 atom stereocenters. The van der Waals surface area contributed by atoms with Gasteiger partial charge in [0.2, 0.25) is 0 Å². The highest BCUT2D eigenvalue weighted by molar-refractivity contribution is 6.30. The van der Waals surface area contributed by atoms with Gasteiger partial charge >= 0.3 is 5.97 Å². The minimum Gasteiger partial charge on any atom is -0.481 e. The van der Waals surface area contributed by atoms with Crippen LogP contribution in [-0.4, -0.2) is 15.6 Å². The Morgan fingerprint density at radius 1 is 1.18 bits per heavy atom. The molecule has 3 rings (SSSR count). The van der Waals surface area contributed by atoms with Crippen molar-refractivity contribution in [3.05, 3.63) is 59.1 Å². The van der Waals surface area contributed by atoms with E-state index in [2.05, 4.69) is 16.7 Å². The van der Waals surface area contributed by atoms with Gasteiger partial charge < -0.3 is 9.67 Å². The van der Waals surface area contributed by atoms with Crippen LogP contribution in [0.15, 0.2) is 48.5 Å². The summed E-state index contributed by atoms with van der Waals surface area (Å²) in [6, 6.07) is 16.0. The van der Waals surface area contributed by atoms with Crippen LogP contribution in [-0.2, 0) is 18.3 Å². The number of carbonyl (C=O) groups is 1. The summed E-state index contributed by atoms with van der Waals surface area (Å²) in [5, 5.41) is 10.6. The molecule has 0 aliphatic rings. The normalized spacial score (nSPS) is 11.0. The molecule has 4 heteroatoms. The van der Waals surface area contributed by atoms with E-state index in [1.54, 1.807) is 0 Å². The lowest BCUT2D eigenvalue weighted by Gasteiger charge is -2.05. The lowest BCUT2D eigenvalue weighted by Crippen LogP contribution is -1.97. The number of carboxylic acids is 1. The molecular formula is C18H16ClNO2. The molecular weight excluding hydrogens is 298 g/mol. The Kier molecular flexibility index (Phi) is 3.90. The first-order valence-electron chi connectivity index (χ1n) is 7.10. The average Bonchev–Trinajstić information content (AvgIpc) is 2.82. The largest absolute Gasteiger partial charge is 0.481 e. The fourth-order valence-corrected chi connectivity index (χ4v) is 2.92. The van der Waals surface area contributed by atoms with Gasteiger partial charge in [-0.1, -0.05) is 29.8 Å². The Labute approximate surface area is 133 Å². The summed E-state index contributed by atoms with van der Waals surface area (Å²) in [6.07, 6.45) is 0.701. The van der Waals surface area contributed by atoms with Crippen LogP contribution < -0.4 is 0 Å². The predicted molar refractivity (Wildman–Crippen MR) is 89.3 cm³/mol. The number of aliphatic carboxylic acids is 1. The first-order valence-corrected chi connectivity index (χ1v) is 7.48. The zero-order valence-corrected chi connectivity index (χ0v) is 13.0. The molecule has 1 aromatic heterocycles. The highest BCUT2D eigenvalue weighted by Crippen LogP contribution is 2.29. The SMILES string of the molecule is Cn1c(-c2cccc(Cl)c2)cc2cc(CCC(=O)O)ccc21. The number of nitrogens with zero attached hydrogens (tertiary/aromatic N) is 1. The molecule has 0 fully saturated rings. The number of halogens is 1. The van der Waals surface area contributed by atoms with Gasteiger partial charge in [-0.2, -0.15) is 0 Å². The molecule has 22 heavy (non-hydrogen) atoms. The molecule has 0 saturated carbocycles. The summed E-state index contributed by atoms with van der Waals surface area (Å²) in [5.74, 6) is -0.771. The van der Waals surface area contributed by atoms with Gasteiger partial charge in [0.15, 0.2) is 0 Å². The molecule has 1 N–H and O–H groups in total. The van der Waals surface area contributed by atoms with E-state index >= 15 is 0 Å². The van der Waals surface area contributed by atoms with E-state index < -0.39 is 5.97 Å². The molecule has 0 spiro atoms. The van der Waals surface area contributed by atoms with E-state index in [1.165, 1.54) is 0 Å². The van der Waals surface area contributed by atoms with Gasteiger partial charge in [-0.05, 0) is 47.9 Å². The summed E-state index contributed by atoms with van der Waals surface area (Å²) in [4.78, 5) is 10.7. The van der Waals surface area contributed by atoms with Gasteiger partial charge in [-0.25, -0.2) is 0 Å². The molecule has 1 heterocycles. The number of aryl methyl sites for hydroxylation is 2. The number of hydrogen-bond donors (Lipinski definition) is 1. The summed E-state index contributed by atoms with van der Waals surface area (Å²) in [5.41, 5.74) is 4.32. The number of hydrogen-bond acceptors (Lipinski definition) is 1. The maximum atomic E-state index is 10.7. The van der Waals surface area contributed by atoms with Gasteiger partial charge in [-0.15, -0.1) is 0 Å². The topological polar surface area (TPSA) is 42.2 Å². The maximum absolute atomic E-state index is 10.7. The second kappa shape index (κ2) is 5.85. The van der Waals surface area contributed by atoms with Crippen LogP contribution in [0.3, 0.4) is 0 Å². The van der Waals surface area contributed by atoms with E-state index in [-0.39, 0.29) is 6.42 Å². The molecule has 0 saturated heterocycles. The number of fused-ring (bicyclic) bond motifs is 1. The van der Waals surface area contributed by atoms with E-state index in [9.17, 15) is 4.79 Å². The Bertz CT molecular complexity index is 851. The Morgan fingerprint density at radius 3 is 2.73 bits per heavy atom. The average molecular weight is 314 g/mol. The zero-order chi connectivity index (χ0) is 15.7. The number of benzene rings is 2. The smallest absolute Gasteiger partial charge is 0.303 e. The molecule has 2 aromatic carbocycles. The molecule has 0 aliphatic carbocycles. The lowest BCUT2D eigenvalue weighted by molar-refractivity contribution is -0.136. The quantitative estimate of drug-likeness (QED) is 0.769. The van der Waals surface area contributed by atoms with Crippen LogP contribution >= 0.6 is 11.6 Å². The van der Waals surface area contributed by atoms with Crippen LogP contribution in [0.4, 0.5) is 0 Å². The van der Waals surface area contributed by atoms with Crippen molar-refractivity contribution in [2.75, 3.05) is 0 Å². The molecule has 0 unspecified atom stereocenters. The van der Waals surface area contributed by atoms with Crippen molar-refractivity contribution in [2.24, 2.45) is 7.05 Å². The predicted octanol–water partition coefficient (Wildman–Crippen LogP) is 4.52. The highest BCUT2D eigenvalue weighted by Gasteiger charge is 2.09. The van der Waals surface area contributed by atoms with Crippen molar-refractivity contribution in [3.8, 4) is 11.3 Å². The van der Waals surface area contributed by atoms with Crippen molar-refractivity contribution >= 4 is 28.5 Å². The second-order valence-corrected chi connectivity index (χ2v) is 5.82. The Hall–Kier alpha value is -2.26. The Balaban J connectivity index is 2.03. The van der Waals surface area contributed by atoms with Gasteiger partial charge in [0, 0.05) is 35.1 Å². The van der Waals surface area contributed by atoms with Crippen molar-refractivity contribution in [1.29, 1.82) is 0 Å². The van der Waals surface area contributed by atoms with Crippen LogP contribution in [0.5, 0.6) is 0 Å². The van der Waals surface area contributed by atoms with E-state index in [4.69, 9.17) is 16.7 Å². The lowest BCUT2D eigenvalue weighted by atomic mass is 10.1. The van der Waals surface area contributed by atoms with Crippen LogP contribution in [0, 0.1) is 0 Å². The van der Waals surface area contributed by atoms with Crippen LogP contribution in [0.25, 0.3) is 22.2 Å². The third kappa shape index (κ3) is 2.85. The van der Waals surface area contributed by atoms with E-state index in [0.29, 0.717) is 11.4 Å². The van der Waals surface area contributed by atoms with Crippen LogP contribution in [0.1, 0.15) is 12.0 Å². The maximum Gasteiger partial charge on any atom is 0.303 e. The van der Waals surface area contributed by atoms with Crippen molar-refractivity contribution in [2.45, 2.75) is 12.8 Å². The molecule has 0 aliphatic heterocycles. The first-order chi connectivity index (χ1) is 10.5. The van der Waals surface area contributed by atoms with Crippen LogP contribution in [0.2, 0.25) is 5.02 Å². The monoisotopic (exact) mass is 313 g/mol. The minimum absolute atomic E-state index is 0.152. The van der Waals surface area contributed by atoms with Gasteiger partial charge in [0.25, 0.3) is 0 Å². The highest BCUT2D eigenvalue weighted by atomic mass is 35.5. The molecule has 112 valence electrons. The molecule has 0 radical (unpaired) electrons. The summed E-state index contributed by atoms with van der Waals surface area (Å²) in [6.45, 7) is 0. The van der Waals surface area contributed by atoms with Gasteiger partial charge in [-0.3, -0.25) is 4.79 Å². The standard InChI is InChI=1S/C18H16ClNO2/c1-20-16-7-5-12(6-8-18(21)22)9-14(16)11-17(20)13-3-2-4-15(19)10-13/h2-5,7,9-11H,6,8H2,1H3,(H,21,22). The molecule has 0 bridgehead atoms. The molecule has 3 nitrogen and oxygen atoms in total. The minimum atomic E-state index is -0.771. The number of aromatic nitrogens is 1. The van der Waals surface area contributed by atoms with Crippen molar-refractivity contribution in [1.82, 2.24) is 4.57 Å². The van der Waals surface area contributed by atoms with Crippen molar-refractivity contribution in [3.63, 3.8) is 0 Å². The zero-order valence-electron chi connectivity index (χ0n) is 12.2. The summed E-state index contributed by atoms with van der Waals surface area (Å²) < 4.78 is 2.13. The first kappa shape index (κ1) is 14.7. The number of rotatable bonds is 4. The van der Waals surface area contributed by atoms with E-state index in [0.717, 1.165) is 27.7 Å². The summed E-state index contributed by atoms with van der Waals surface area (Å²) in [7, 11) is 2.02. The fourth-order valence-electron chi connectivity index (χ4n) is 2.73. The molecule has 3 aromatic rings. The molecule has 0 amide bonds. The number of carboxylic acid groups (broad SMARTS) is 1. The second-order valence-electron chi connectivity index (χ2n) is 5.39. The Morgan fingerprint density at radius 2 is 2.00 bits per heavy atom. The third-order valence-corrected chi connectivity index (χ3v) is 4.09. The fraction of sp³-hybridized carbons (Fsp3) is 0.167.